The summed E-state index contributed by atoms with van der Waals surface area (Å²) < 4.78 is 1.14. The second-order valence-corrected chi connectivity index (χ2v) is 6.32. The second-order valence-electron chi connectivity index (χ2n) is 4.23. The van der Waals surface area contributed by atoms with E-state index in [2.05, 4.69) is 34.0 Å². The van der Waals surface area contributed by atoms with Crippen molar-refractivity contribution in [3.05, 3.63) is 61.1 Å². The quantitative estimate of drug-likeness (QED) is 0.662. The Hall–Kier alpha value is -0.780. The maximum absolute atomic E-state index is 12.3. The standard InChI is InChI=1S/C15H12Cl2INO/c1-2-9-7-11(18)4-6-14(9)19-15(20)12-8-10(16)3-5-13(12)17/h3-8H,2H2,1H3,(H,19,20). The average molecular weight is 420 g/mol. The fourth-order valence-electron chi connectivity index (χ4n) is 1.84. The molecule has 5 heteroatoms. The minimum atomic E-state index is -0.256. The Labute approximate surface area is 141 Å². The Bertz CT molecular complexity index is 658. The lowest BCUT2D eigenvalue weighted by Crippen LogP contribution is -2.14. The van der Waals surface area contributed by atoms with Gasteiger partial charge in [-0.05, 0) is 71.0 Å². The van der Waals surface area contributed by atoms with Gasteiger partial charge in [-0.25, -0.2) is 0 Å². The van der Waals surface area contributed by atoms with Crippen LogP contribution in [0.2, 0.25) is 10.0 Å². The van der Waals surface area contributed by atoms with Crippen LogP contribution in [0.3, 0.4) is 0 Å². The highest BCUT2D eigenvalue weighted by molar-refractivity contribution is 14.1. The minimum Gasteiger partial charge on any atom is -0.322 e. The number of amides is 1. The van der Waals surface area contributed by atoms with Crippen molar-refractivity contribution in [3.8, 4) is 0 Å². The van der Waals surface area contributed by atoms with Gasteiger partial charge in [0.2, 0.25) is 0 Å². The van der Waals surface area contributed by atoms with Crippen molar-refractivity contribution in [2.24, 2.45) is 0 Å². The smallest absolute Gasteiger partial charge is 0.257 e. The number of hydrogen-bond donors (Lipinski definition) is 1. The monoisotopic (exact) mass is 419 g/mol. The number of aryl methyl sites for hydroxylation is 1. The second kappa shape index (κ2) is 6.78. The number of carbonyl (C=O) groups is 1. The fraction of sp³-hybridized carbons (Fsp3) is 0.133. The lowest BCUT2D eigenvalue weighted by atomic mass is 10.1. The van der Waals surface area contributed by atoms with E-state index in [9.17, 15) is 4.79 Å². The molecule has 0 aliphatic heterocycles. The topological polar surface area (TPSA) is 29.1 Å². The summed E-state index contributed by atoms with van der Waals surface area (Å²) in [6, 6.07) is 10.7. The van der Waals surface area contributed by atoms with Crippen LogP contribution in [-0.4, -0.2) is 5.91 Å². The SMILES string of the molecule is CCc1cc(I)ccc1NC(=O)c1cc(Cl)ccc1Cl. The number of hydrogen-bond acceptors (Lipinski definition) is 1. The summed E-state index contributed by atoms with van der Waals surface area (Å²) in [5.74, 6) is -0.256. The van der Waals surface area contributed by atoms with Crippen LogP contribution >= 0.6 is 45.8 Å². The molecule has 0 saturated heterocycles. The van der Waals surface area contributed by atoms with E-state index < -0.39 is 0 Å². The van der Waals surface area contributed by atoms with Crippen LogP contribution < -0.4 is 5.32 Å². The first-order chi connectivity index (χ1) is 9.51. The third-order valence-electron chi connectivity index (χ3n) is 2.87. The van der Waals surface area contributed by atoms with E-state index in [1.54, 1.807) is 18.2 Å². The van der Waals surface area contributed by atoms with Crippen LogP contribution in [0.5, 0.6) is 0 Å². The maximum Gasteiger partial charge on any atom is 0.257 e. The summed E-state index contributed by atoms with van der Waals surface area (Å²) >= 11 is 14.2. The van der Waals surface area contributed by atoms with Crippen molar-refractivity contribution in [3.63, 3.8) is 0 Å². The van der Waals surface area contributed by atoms with Crippen LogP contribution in [0.25, 0.3) is 0 Å². The van der Waals surface area contributed by atoms with Gasteiger partial charge in [-0.1, -0.05) is 30.1 Å². The lowest BCUT2D eigenvalue weighted by Gasteiger charge is -2.11. The number of anilines is 1. The number of rotatable bonds is 3. The highest BCUT2D eigenvalue weighted by atomic mass is 127. The van der Waals surface area contributed by atoms with Gasteiger partial charge in [-0.3, -0.25) is 4.79 Å². The Kier molecular flexibility index (Phi) is 5.29. The molecular formula is C15H12Cl2INO. The van der Waals surface area contributed by atoms with Crippen molar-refractivity contribution >= 4 is 57.4 Å². The molecule has 0 aromatic heterocycles. The van der Waals surface area contributed by atoms with E-state index in [4.69, 9.17) is 23.2 Å². The molecule has 2 rings (SSSR count). The van der Waals surface area contributed by atoms with Crippen LogP contribution in [0.4, 0.5) is 5.69 Å². The molecule has 0 radical (unpaired) electrons. The molecule has 1 N–H and O–H groups in total. The highest BCUT2D eigenvalue weighted by Crippen LogP contribution is 2.24. The van der Waals surface area contributed by atoms with E-state index >= 15 is 0 Å². The molecule has 0 aliphatic carbocycles. The Morgan fingerprint density at radius 3 is 2.65 bits per heavy atom. The number of halogens is 3. The van der Waals surface area contributed by atoms with Gasteiger partial charge >= 0.3 is 0 Å². The van der Waals surface area contributed by atoms with E-state index in [0.29, 0.717) is 15.6 Å². The summed E-state index contributed by atoms with van der Waals surface area (Å²) in [7, 11) is 0. The first-order valence-corrected chi connectivity index (χ1v) is 7.89. The highest BCUT2D eigenvalue weighted by Gasteiger charge is 2.13. The molecule has 0 heterocycles. The van der Waals surface area contributed by atoms with E-state index in [1.807, 2.05) is 19.1 Å². The van der Waals surface area contributed by atoms with Crippen molar-refractivity contribution in [2.45, 2.75) is 13.3 Å². The van der Waals surface area contributed by atoms with Gasteiger partial charge in [0.25, 0.3) is 5.91 Å². The van der Waals surface area contributed by atoms with E-state index in [0.717, 1.165) is 21.2 Å². The Balaban J connectivity index is 2.30. The zero-order valence-corrected chi connectivity index (χ0v) is 14.4. The molecule has 0 aliphatic rings. The molecule has 1 amide bonds. The van der Waals surface area contributed by atoms with Crippen molar-refractivity contribution in [2.75, 3.05) is 5.32 Å². The first kappa shape index (κ1) is 15.6. The van der Waals surface area contributed by atoms with Crippen molar-refractivity contribution < 1.29 is 4.79 Å². The third kappa shape index (κ3) is 3.65. The predicted octanol–water partition coefficient (Wildman–Crippen LogP) is 5.41. The normalized spacial score (nSPS) is 10.4. The average Bonchev–Trinajstić information content (AvgIpc) is 2.43. The van der Waals surface area contributed by atoms with Gasteiger partial charge in [0.1, 0.15) is 0 Å². The summed E-state index contributed by atoms with van der Waals surface area (Å²) in [6.07, 6.45) is 0.843. The molecule has 0 saturated carbocycles. The molecular weight excluding hydrogens is 408 g/mol. The Morgan fingerprint density at radius 1 is 1.20 bits per heavy atom. The van der Waals surface area contributed by atoms with E-state index in [1.165, 1.54) is 0 Å². The van der Waals surface area contributed by atoms with Gasteiger partial charge in [-0.15, -0.1) is 0 Å². The molecule has 2 nitrogen and oxygen atoms in total. The molecule has 0 spiro atoms. The zero-order chi connectivity index (χ0) is 14.7. The molecule has 0 atom stereocenters. The fourth-order valence-corrected chi connectivity index (χ4v) is 2.77. The van der Waals surface area contributed by atoms with Gasteiger partial charge in [-0.2, -0.15) is 0 Å². The van der Waals surface area contributed by atoms with Gasteiger partial charge in [0, 0.05) is 14.3 Å². The zero-order valence-electron chi connectivity index (χ0n) is 10.7. The summed E-state index contributed by atoms with van der Waals surface area (Å²) in [4.78, 5) is 12.3. The van der Waals surface area contributed by atoms with Gasteiger partial charge in [0.05, 0.1) is 10.6 Å². The van der Waals surface area contributed by atoms with Crippen LogP contribution in [0.1, 0.15) is 22.8 Å². The molecule has 0 unspecified atom stereocenters. The molecule has 0 fully saturated rings. The van der Waals surface area contributed by atoms with Crippen molar-refractivity contribution in [1.29, 1.82) is 0 Å². The minimum absolute atomic E-state index is 0.256. The first-order valence-electron chi connectivity index (χ1n) is 6.06. The van der Waals surface area contributed by atoms with Crippen LogP contribution in [-0.2, 0) is 6.42 Å². The van der Waals surface area contributed by atoms with Gasteiger partial charge < -0.3 is 5.32 Å². The Morgan fingerprint density at radius 2 is 1.95 bits per heavy atom. The molecule has 104 valence electrons. The van der Waals surface area contributed by atoms with Crippen LogP contribution in [0.15, 0.2) is 36.4 Å². The molecule has 2 aromatic carbocycles. The summed E-state index contributed by atoms with van der Waals surface area (Å²) in [6.45, 7) is 2.05. The van der Waals surface area contributed by atoms with E-state index in [-0.39, 0.29) is 5.91 Å². The third-order valence-corrected chi connectivity index (χ3v) is 4.11. The lowest BCUT2D eigenvalue weighted by molar-refractivity contribution is 0.102. The predicted molar refractivity (Wildman–Crippen MR) is 93.0 cm³/mol. The number of benzene rings is 2. The number of carbonyl (C=O) groups excluding carboxylic acids is 1. The summed E-state index contributed by atoms with van der Waals surface area (Å²) in [5, 5.41) is 3.76. The molecule has 2 aromatic rings. The maximum atomic E-state index is 12.3. The van der Waals surface area contributed by atoms with Gasteiger partial charge in [0.15, 0.2) is 0 Å². The molecule has 0 bridgehead atoms. The van der Waals surface area contributed by atoms with Crippen molar-refractivity contribution in [1.82, 2.24) is 0 Å². The molecule has 20 heavy (non-hydrogen) atoms. The number of nitrogens with one attached hydrogen (secondary N) is 1. The largest absolute Gasteiger partial charge is 0.322 e. The van der Waals surface area contributed by atoms with Crippen LogP contribution in [0, 0.1) is 3.57 Å². The summed E-state index contributed by atoms with van der Waals surface area (Å²) in [5.41, 5.74) is 2.26.